The molecule has 2 aromatic heterocycles. The van der Waals surface area contributed by atoms with Crippen molar-refractivity contribution < 1.29 is 8.42 Å². The highest BCUT2D eigenvalue weighted by atomic mass is 32.2. The molecule has 2 aromatic carbocycles. The Morgan fingerprint density at radius 2 is 1.72 bits per heavy atom. The Morgan fingerprint density at radius 3 is 2.41 bits per heavy atom. The van der Waals surface area contributed by atoms with Crippen molar-refractivity contribution in [1.82, 2.24) is 19.6 Å². The van der Waals surface area contributed by atoms with Gasteiger partial charge in [0.2, 0.25) is 5.65 Å². The van der Waals surface area contributed by atoms with Crippen LogP contribution in [0.15, 0.2) is 53.4 Å². The van der Waals surface area contributed by atoms with Crippen LogP contribution in [0.2, 0.25) is 0 Å². The molecule has 0 N–H and O–H groups in total. The lowest BCUT2D eigenvalue weighted by molar-refractivity contribution is 0.594. The number of benzene rings is 2. The maximum absolute atomic E-state index is 13.2. The van der Waals surface area contributed by atoms with Crippen molar-refractivity contribution >= 4 is 32.5 Å². The smallest absolute Gasteiger partial charge is 0.265 e. The van der Waals surface area contributed by atoms with E-state index in [0.29, 0.717) is 17.1 Å². The van der Waals surface area contributed by atoms with Crippen LogP contribution < -0.4 is 4.31 Å². The largest absolute Gasteiger partial charge is 0.274 e. The minimum atomic E-state index is -3.79. The summed E-state index contributed by atoms with van der Waals surface area (Å²) in [5.74, 6) is 1.43. The van der Waals surface area contributed by atoms with Gasteiger partial charge in [-0.3, -0.25) is 4.40 Å². The fourth-order valence-electron chi connectivity index (χ4n) is 3.32. The Kier molecular flexibility index (Phi) is 4.74. The van der Waals surface area contributed by atoms with E-state index in [4.69, 9.17) is 0 Å². The zero-order valence-electron chi connectivity index (χ0n) is 16.9. The molecule has 0 amide bonds. The second-order valence-corrected chi connectivity index (χ2v) is 9.55. The van der Waals surface area contributed by atoms with Crippen molar-refractivity contribution in [3.05, 3.63) is 59.9 Å². The average molecular weight is 410 g/mol. The van der Waals surface area contributed by atoms with E-state index in [1.165, 1.54) is 11.4 Å². The van der Waals surface area contributed by atoms with E-state index in [0.717, 1.165) is 23.3 Å². The first-order chi connectivity index (χ1) is 13.8. The molecule has 2 heterocycles. The monoisotopic (exact) mass is 409 g/mol. The van der Waals surface area contributed by atoms with Gasteiger partial charge < -0.3 is 0 Å². The normalized spacial score (nSPS) is 12.2. The van der Waals surface area contributed by atoms with Gasteiger partial charge in [0, 0.05) is 13.5 Å². The van der Waals surface area contributed by atoms with Crippen LogP contribution in [0.5, 0.6) is 0 Å². The number of anilines is 1. The SMILES string of the molecule is Cc1ccc(S(=O)(=O)N(C)c2nc3ccccc3n3c(CC(C)C)nnc23)cc1. The van der Waals surface area contributed by atoms with Crippen molar-refractivity contribution in [2.24, 2.45) is 5.92 Å². The van der Waals surface area contributed by atoms with Crippen LogP contribution in [-0.4, -0.2) is 35.0 Å². The number of fused-ring (bicyclic) bond motifs is 3. The van der Waals surface area contributed by atoms with Crippen LogP contribution in [0, 0.1) is 12.8 Å². The predicted molar refractivity (Wildman–Crippen MR) is 114 cm³/mol. The number of nitrogens with zero attached hydrogens (tertiary/aromatic N) is 5. The van der Waals surface area contributed by atoms with Crippen LogP contribution in [0.4, 0.5) is 5.82 Å². The van der Waals surface area contributed by atoms with Crippen LogP contribution in [0.3, 0.4) is 0 Å². The number of hydrogen-bond acceptors (Lipinski definition) is 5. The number of sulfonamides is 1. The molecule has 0 saturated heterocycles. The molecular weight excluding hydrogens is 386 g/mol. The van der Waals surface area contributed by atoms with Gasteiger partial charge in [-0.2, -0.15) is 0 Å². The Morgan fingerprint density at radius 1 is 1.03 bits per heavy atom. The van der Waals surface area contributed by atoms with Gasteiger partial charge in [0.25, 0.3) is 10.0 Å². The van der Waals surface area contributed by atoms with Crippen molar-refractivity contribution in [3.8, 4) is 0 Å². The number of aromatic nitrogens is 4. The third-order valence-electron chi connectivity index (χ3n) is 4.85. The highest BCUT2D eigenvalue weighted by Crippen LogP contribution is 2.28. The Bertz CT molecular complexity index is 1290. The quantitative estimate of drug-likeness (QED) is 0.503. The molecule has 0 saturated carbocycles. The lowest BCUT2D eigenvalue weighted by atomic mass is 10.1. The van der Waals surface area contributed by atoms with Gasteiger partial charge in [0.15, 0.2) is 5.82 Å². The van der Waals surface area contributed by atoms with Crippen molar-refractivity contribution in [1.29, 1.82) is 0 Å². The molecule has 0 aliphatic rings. The molecular formula is C21H23N5O2S. The first kappa shape index (κ1) is 19.3. The van der Waals surface area contributed by atoms with E-state index in [1.54, 1.807) is 24.3 Å². The molecule has 0 unspecified atom stereocenters. The molecule has 7 nitrogen and oxygen atoms in total. The minimum absolute atomic E-state index is 0.209. The lowest BCUT2D eigenvalue weighted by Gasteiger charge is -2.20. The van der Waals surface area contributed by atoms with Crippen LogP contribution in [0.25, 0.3) is 16.7 Å². The molecule has 29 heavy (non-hydrogen) atoms. The number of aryl methyl sites for hydroxylation is 1. The Balaban J connectivity index is 1.95. The molecule has 8 heteroatoms. The minimum Gasteiger partial charge on any atom is -0.274 e. The van der Waals surface area contributed by atoms with E-state index in [2.05, 4.69) is 29.0 Å². The average Bonchev–Trinajstić information content (AvgIpc) is 3.10. The molecule has 4 rings (SSSR count). The van der Waals surface area contributed by atoms with Gasteiger partial charge in [0.05, 0.1) is 15.9 Å². The highest BCUT2D eigenvalue weighted by Gasteiger charge is 2.27. The first-order valence-corrected chi connectivity index (χ1v) is 10.9. The predicted octanol–water partition coefficient (Wildman–Crippen LogP) is 3.61. The second-order valence-electron chi connectivity index (χ2n) is 7.58. The molecule has 0 atom stereocenters. The van der Waals surface area contributed by atoms with E-state index in [-0.39, 0.29) is 10.7 Å². The Hall–Kier alpha value is -3.00. The van der Waals surface area contributed by atoms with Gasteiger partial charge in [0.1, 0.15) is 5.82 Å². The van der Waals surface area contributed by atoms with Gasteiger partial charge in [-0.25, -0.2) is 17.7 Å². The van der Waals surface area contributed by atoms with Crippen LogP contribution >= 0.6 is 0 Å². The van der Waals surface area contributed by atoms with Crippen molar-refractivity contribution in [3.63, 3.8) is 0 Å². The first-order valence-electron chi connectivity index (χ1n) is 9.47. The van der Waals surface area contributed by atoms with Crippen molar-refractivity contribution in [2.75, 3.05) is 11.4 Å². The number of para-hydroxylation sites is 2. The summed E-state index contributed by atoms with van der Waals surface area (Å²) in [5.41, 5.74) is 2.96. The summed E-state index contributed by atoms with van der Waals surface area (Å²) in [7, 11) is -2.29. The maximum Gasteiger partial charge on any atom is 0.265 e. The van der Waals surface area contributed by atoms with E-state index in [9.17, 15) is 8.42 Å². The number of rotatable bonds is 5. The maximum atomic E-state index is 13.2. The molecule has 0 bridgehead atoms. The van der Waals surface area contributed by atoms with E-state index >= 15 is 0 Å². The van der Waals surface area contributed by atoms with Crippen molar-refractivity contribution in [2.45, 2.75) is 32.1 Å². The van der Waals surface area contributed by atoms with Gasteiger partial charge >= 0.3 is 0 Å². The summed E-state index contributed by atoms with van der Waals surface area (Å²) in [6, 6.07) is 14.4. The summed E-state index contributed by atoms with van der Waals surface area (Å²) < 4.78 is 29.6. The molecule has 0 fully saturated rings. The summed E-state index contributed by atoms with van der Waals surface area (Å²) in [4.78, 5) is 4.84. The van der Waals surface area contributed by atoms with Crippen LogP contribution in [-0.2, 0) is 16.4 Å². The fourth-order valence-corrected chi connectivity index (χ4v) is 4.46. The van der Waals surface area contributed by atoms with E-state index < -0.39 is 10.0 Å². The highest BCUT2D eigenvalue weighted by molar-refractivity contribution is 7.92. The molecule has 0 spiro atoms. The van der Waals surface area contributed by atoms with Crippen LogP contribution in [0.1, 0.15) is 25.2 Å². The van der Waals surface area contributed by atoms with E-state index in [1.807, 2.05) is 35.6 Å². The third-order valence-corrected chi connectivity index (χ3v) is 6.61. The lowest BCUT2D eigenvalue weighted by Crippen LogP contribution is -2.28. The molecule has 0 aliphatic heterocycles. The van der Waals surface area contributed by atoms with Gasteiger partial charge in [-0.1, -0.05) is 43.7 Å². The molecule has 0 aliphatic carbocycles. The zero-order chi connectivity index (χ0) is 20.8. The summed E-state index contributed by atoms with van der Waals surface area (Å²) in [6.45, 7) is 6.14. The fraction of sp³-hybridized carbons (Fsp3) is 0.286. The summed E-state index contributed by atoms with van der Waals surface area (Å²) in [5, 5.41) is 8.66. The standard InChI is InChI=1S/C21H23N5O2S/c1-14(2)13-19-23-24-21-20(22-17-7-5-6-8-18(17)26(19)21)25(4)29(27,28)16-11-9-15(3)10-12-16/h5-12,14H,13H2,1-4H3. The zero-order valence-corrected chi connectivity index (χ0v) is 17.7. The molecule has 150 valence electrons. The third kappa shape index (κ3) is 3.33. The Labute approximate surface area is 170 Å². The topological polar surface area (TPSA) is 80.5 Å². The summed E-state index contributed by atoms with van der Waals surface area (Å²) in [6.07, 6.45) is 0.725. The summed E-state index contributed by atoms with van der Waals surface area (Å²) >= 11 is 0. The van der Waals surface area contributed by atoms with Gasteiger partial charge in [-0.05, 0) is 37.1 Å². The molecule has 4 aromatic rings. The number of hydrogen-bond donors (Lipinski definition) is 0. The molecule has 0 radical (unpaired) electrons. The van der Waals surface area contributed by atoms with Gasteiger partial charge in [-0.15, -0.1) is 10.2 Å². The second kappa shape index (κ2) is 7.11.